The Labute approximate surface area is 128 Å². The summed E-state index contributed by atoms with van der Waals surface area (Å²) in [7, 11) is 0. The molecule has 0 spiro atoms. The van der Waals surface area contributed by atoms with E-state index in [1.165, 1.54) is 0 Å². The number of nitrogens with zero attached hydrogens (tertiary/aromatic N) is 1. The standard InChI is InChI=1S/C12H14N4O2.2ClH/c13-6-7-15-11(17)9-10(18-12(14)16-9)8-4-2-1-3-5-8;;/h1-5H,6-7,13H2,(H2,14,16)(H,15,17);2*1H. The van der Waals surface area contributed by atoms with Crippen LogP contribution in [0.1, 0.15) is 10.5 Å². The minimum Gasteiger partial charge on any atom is -0.423 e. The largest absolute Gasteiger partial charge is 0.423 e. The van der Waals surface area contributed by atoms with E-state index < -0.39 is 0 Å². The Hall–Kier alpha value is -1.76. The van der Waals surface area contributed by atoms with Crippen LogP contribution in [0.15, 0.2) is 34.7 Å². The Morgan fingerprint density at radius 2 is 1.90 bits per heavy atom. The Morgan fingerprint density at radius 3 is 2.50 bits per heavy atom. The summed E-state index contributed by atoms with van der Waals surface area (Å²) in [6.07, 6.45) is 0. The van der Waals surface area contributed by atoms with Gasteiger partial charge in [-0.15, -0.1) is 24.8 Å². The summed E-state index contributed by atoms with van der Waals surface area (Å²) in [5, 5.41) is 2.63. The second-order valence-corrected chi connectivity index (χ2v) is 3.64. The van der Waals surface area contributed by atoms with Gasteiger partial charge in [-0.3, -0.25) is 4.79 Å². The molecule has 0 aliphatic carbocycles. The molecule has 0 aliphatic rings. The number of carbonyl (C=O) groups excluding carboxylic acids is 1. The summed E-state index contributed by atoms with van der Waals surface area (Å²) in [5.41, 5.74) is 11.7. The van der Waals surface area contributed by atoms with Crippen molar-refractivity contribution >= 4 is 36.7 Å². The van der Waals surface area contributed by atoms with Crippen LogP contribution < -0.4 is 16.8 Å². The number of nitrogens with one attached hydrogen (secondary N) is 1. The lowest BCUT2D eigenvalue weighted by molar-refractivity contribution is 0.0950. The van der Waals surface area contributed by atoms with Crippen LogP contribution >= 0.6 is 24.8 Å². The van der Waals surface area contributed by atoms with Crippen LogP contribution in [0.3, 0.4) is 0 Å². The fourth-order valence-electron chi connectivity index (χ4n) is 1.55. The lowest BCUT2D eigenvalue weighted by Crippen LogP contribution is -2.29. The molecule has 0 radical (unpaired) electrons. The highest BCUT2D eigenvalue weighted by atomic mass is 35.5. The van der Waals surface area contributed by atoms with E-state index >= 15 is 0 Å². The Morgan fingerprint density at radius 1 is 1.25 bits per heavy atom. The first kappa shape index (κ1) is 18.2. The van der Waals surface area contributed by atoms with Crippen LogP contribution in [-0.2, 0) is 0 Å². The number of carbonyl (C=O) groups is 1. The molecule has 0 bridgehead atoms. The van der Waals surface area contributed by atoms with Gasteiger partial charge in [0.15, 0.2) is 11.5 Å². The molecule has 20 heavy (non-hydrogen) atoms. The summed E-state index contributed by atoms with van der Waals surface area (Å²) < 4.78 is 5.28. The molecule has 0 unspecified atom stereocenters. The van der Waals surface area contributed by atoms with Crippen molar-refractivity contribution in [2.24, 2.45) is 5.73 Å². The molecule has 6 nitrogen and oxygen atoms in total. The molecule has 0 aliphatic heterocycles. The lowest BCUT2D eigenvalue weighted by Gasteiger charge is -2.02. The molecular formula is C12H16Cl2N4O2. The van der Waals surface area contributed by atoms with Gasteiger partial charge in [0.2, 0.25) is 0 Å². The first-order valence-electron chi connectivity index (χ1n) is 5.52. The summed E-state index contributed by atoms with van der Waals surface area (Å²) in [6, 6.07) is 9.16. The molecule has 1 aromatic heterocycles. The van der Waals surface area contributed by atoms with Crippen molar-refractivity contribution in [2.75, 3.05) is 18.8 Å². The van der Waals surface area contributed by atoms with Gasteiger partial charge in [0.1, 0.15) is 0 Å². The summed E-state index contributed by atoms with van der Waals surface area (Å²) in [6.45, 7) is 0.736. The molecule has 5 N–H and O–H groups in total. The fourth-order valence-corrected chi connectivity index (χ4v) is 1.55. The van der Waals surface area contributed by atoms with Crippen LogP contribution in [0.2, 0.25) is 0 Å². The quantitative estimate of drug-likeness (QED) is 0.791. The monoisotopic (exact) mass is 318 g/mol. The average Bonchev–Trinajstić information content (AvgIpc) is 2.79. The summed E-state index contributed by atoms with van der Waals surface area (Å²) in [4.78, 5) is 15.8. The number of halogens is 2. The molecule has 110 valence electrons. The first-order valence-corrected chi connectivity index (χ1v) is 5.52. The zero-order chi connectivity index (χ0) is 13.0. The van der Waals surface area contributed by atoms with Gasteiger partial charge < -0.3 is 21.2 Å². The summed E-state index contributed by atoms with van der Waals surface area (Å²) >= 11 is 0. The van der Waals surface area contributed by atoms with Crippen LogP contribution in [0.5, 0.6) is 0 Å². The molecule has 0 atom stereocenters. The molecule has 1 amide bonds. The number of aromatic nitrogens is 1. The molecule has 0 saturated carbocycles. The molecule has 8 heteroatoms. The fraction of sp³-hybridized carbons (Fsp3) is 0.167. The third-order valence-corrected chi connectivity index (χ3v) is 2.32. The normalized spacial score (nSPS) is 9.25. The Kier molecular flexibility index (Phi) is 7.68. The van der Waals surface area contributed by atoms with Crippen LogP contribution in [0.4, 0.5) is 6.01 Å². The highest BCUT2D eigenvalue weighted by Crippen LogP contribution is 2.25. The molecule has 2 aromatic rings. The van der Waals surface area contributed by atoms with Gasteiger partial charge in [0.25, 0.3) is 11.9 Å². The Balaban J connectivity index is 0.00000180. The second kappa shape index (κ2) is 8.42. The van der Waals surface area contributed by atoms with E-state index in [9.17, 15) is 4.79 Å². The van der Waals surface area contributed by atoms with E-state index in [0.29, 0.717) is 18.8 Å². The number of amides is 1. The zero-order valence-corrected chi connectivity index (χ0v) is 12.2. The highest BCUT2D eigenvalue weighted by molar-refractivity contribution is 5.98. The van der Waals surface area contributed by atoms with Crippen molar-refractivity contribution in [3.05, 3.63) is 36.0 Å². The number of anilines is 1. The van der Waals surface area contributed by atoms with Gasteiger partial charge in [-0.05, 0) is 0 Å². The third-order valence-electron chi connectivity index (χ3n) is 2.32. The maximum Gasteiger partial charge on any atom is 0.293 e. The van der Waals surface area contributed by atoms with Crippen molar-refractivity contribution in [1.82, 2.24) is 10.3 Å². The van der Waals surface area contributed by atoms with Crippen molar-refractivity contribution in [1.29, 1.82) is 0 Å². The van der Waals surface area contributed by atoms with Crippen molar-refractivity contribution in [2.45, 2.75) is 0 Å². The second-order valence-electron chi connectivity index (χ2n) is 3.64. The number of benzene rings is 1. The highest BCUT2D eigenvalue weighted by Gasteiger charge is 2.19. The SMILES string of the molecule is Cl.Cl.NCCNC(=O)c1nc(N)oc1-c1ccccc1. The van der Waals surface area contributed by atoms with Crippen LogP contribution in [0, 0.1) is 0 Å². The number of hydrogen-bond donors (Lipinski definition) is 3. The molecule has 0 saturated heterocycles. The van der Waals surface area contributed by atoms with E-state index in [2.05, 4.69) is 10.3 Å². The molecule has 1 aromatic carbocycles. The van der Waals surface area contributed by atoms with E-state index in [0.717, 1.165) is 5.56 Å². The van der Waals surface area contributed by atoms with E-state index in [1.807, 2.05) is 30.3 Å². The Bertz CT molecular complexity index is 546. The van der Waals surface area contributed by atoms with Crippen molar-refractivity contribution < 1.29 is 9.21 Å². The zero-order valence-electron chi connectivity index (χ0n) is 10.5. The number of rotatable bonds is 4. The van der Waals surface area contributed by atoms with Gasteiger partial charge in [-0.1, -0.05) is 30.3 Å². The minimum absolute atomic E-state index is 0. The maximum atomic E-state index is 11.9. The third kappa shape index (κ3) is 4.12. The van der Waals surface area contributed by atoms with Gasteiger partial charge in [0.05, 0.1) is 0 Å². The topological polar surface area (TPSA) is 107 Å². The predicted octanol–water partition coefficient (Wildman–Crippen LogP) is 1.46. The smallest absolute Gasteiger partial charge is 0.293 e. The van der Waals surface area contributed by atoms with Gasteiger partial charge in [0, 0.05) is 18.7 Å². The van der Waals surface area contributed by atoms with Crippen molar-refractivity contribution in [3.8, 4) is 11.3 Å². The summed E-state index contributed by atoms with van der Waals surface area (Å²) in [5.74, 6) is 0.0161. The average molecular weight is 319 g/mol. The van der Waals surface area contributed by atoms with Gasteiger partial charge >= 0.3 is 0 Å². The number of nitrogen functional groups attached to an aromatic ring is 1. The van der Waals surface area contributed by atoms with Crippen LogP contribution in [-0.4, -0.2) is 24.0 Å². The van der Waals surface area contributed by atoms with Gasteiger partial charge in [-0.25, -0.2) is 0 Å². The first-order chi connectivity index (χ1) is 8.72. The molecular weight excluding hydrogens is 303 g/mol. The van der Waals surface area contributed by atoms with E-state index in [-0.39, 0.29) is 42.4 Å². The van der Waals surface area contributed by atoms with Gasteiger partial charge in [-0.2, -0.15) is 4.98 Å². The van der Waals surface area contributed by atoms with E-state index in [1.54, 1.807) is 0 Å². The number of hydrogen-bond acceptors (Lipinski definition) is 5. The van der Waals surface area contributed by atoms with Crippen molar-refractivity contribution in [3.63, 3.8) is 0 Å². The lowest BCUT2D eigenvalue weighted by atomic mass is 10.1. The predicted molar refractivity (Wildman–Crippen MR) is 82.2 cm³/mol. The number of nitrogens with two attached hydrogens (primary N) is 2. The van der Waals surface area contributed by atoms with Crippen LogP contribution in [0.25, 0.3) is 11.3 Å². The molecule has 1 heterocycles. The minimum atomic E-state index is -0.347. The number of oxazole rings is 1. The maximum absolute atomic E-state index is 11.9. The van der Waals surface area contributed by atoms with E-state index in [4.69, 9.17) is 15.9 Å². The molecule has 0 fully saturated rings. The molecule has 2 rings (SSSR count).